The van der Waals surface area contributed by atoms with Crippen LogP contribution in [-0.4, -0.2) is 24.9 Å². The molecule has 1 N–H and O–H groups in total. The molecule has 0 bridgehead atoms. The van der Waals surface area contributed by atoms with Crippen LogP contribution in [0.4, 0.5) is 10.8 Å². The lowest BCUT2D eigenvalue weighted by Gasteiger charge is -2.05. The van der Waals surface area contributed by atoms with Gasteiger partial charge in [0.15, 0.2) is 5.13 Å². The largest absolute Gasteiger partial charge is 0.494 e. The fourth-order valence-electron chi connectivity index (χ4n) is 2.33. The Kier molecular flexibility index (Phi) is 4.79. The predicted molar refractivity (Wildman–Crippen MR) is 99.4 cm³/mol. The van der Waals surface area contributed by atoms with E-state index in [1.54, 1.807) is 25.1 Å². The van der Waals surface area contributed by atoms with Crippen molar-refractivity contribution in [1.29, 1.82) is 0 Å². The van der Waals surface area contributed by atoms with Crippen LogP contribution in [0, 0.1) is 17.0 Å². The van der Waals surface area contributed by atoms with E-state index in [2.05, 4.69) is 9.71 Å². The first-order valence-electron chi connectivity index (χ1n) is 7.61. The zero-order valence-electron chi connectivity index (χ0n) is 13.9. The second-order valence-electron chi connectivity index (χ2n) is 5.39. The van der Waals surface area contributed by atoms with E-state index in [9.17, 15) is 18.5 Å². The van der Waals surface area contributed by atoms with Crippen molar-refractivity contribution in [3.63, 3.8) is 0 Å². The van der Waals surface area contributed by atoms with Crippen molar-refractivity contribution < 1.29 is 18.1 Å². The summed E-state index contributed by atoms with van der Waals surface area (Å²) < 4.78 is 33.6. The third kappa shape index (κ3) is 3.60. The van der Waals surface area contributed by atoms with E-state index >= 15 is 0 Å². The number of ether oxygens (including phenoxy) is 1. The van der Waals surface area contributed by atoms with Crippen LogP contribution in [0.25, 0.3) is 10.2 Å². The van der Waals surface area contributed by atoms with Crippen LogP contribution < -0.4 is 9.46 Å². The Hall–Kier alpha value is -2.72. The normalized spacial score (nSPS) is 11.5. The second kappa shape index (κ2) is 6.89. The average Bonchev–Trinajstić information content (AvgIpc) is 2.95. The van der Waals surface area contributed by atoms with Crippen LogP contribution in [0.2, 0.25) is 0 Å². The van der Waals surface area contributed by atoms with Crippen LogP contribution in [0.5, 0.6) is 5.75 Å². The van der Waals surface area contributed by atoms with Crippen molar-refractivity contribution in [2.45, 2.75) is 18.7 Å². The topological polar surface area (TPSA) is 111 Å². The summed E-state index contributed by atoms with van der Waals surface area (Å²) >= 11 is 1.16. The molecule has 0 saturated heterocycles. The lowest BCUT2D eigenvalue weighted by Crippen LogP contribution is -2.13. The highest BCUT2D eigenvalue weighted by molar-refractivity contribution is 7.93. The van der Waals surface area contributed by atoms with E-state index in [0.29, 0.717) is 23.4 Å². The molecule has 0 amide bonds. The number of anilines is 1. The molecule has 0 fully saturated rings. The number of fused-ring (bicyclic) bond motifs is 1. The van der Waals surface area contributed by atoms with E-state index in [4.69, 9.17) is 4.74 Å². The van der Waals surface area contributed by atoms with Crippen molar-refractivity contribution in [2.75, 3.05) is 11.3 Å². The zero-order valence-corrected chi connectivity index (χ0v) is 15.6. The minimum Gasteiger partial charge on any atom is -0.494 e. The molecule has 0 saturated carbocycles. The first kappa shape index (κ1) is 18.1. The minimum atomic E-state index is -3.99. The van der Waals surface area contributed by atoms with Crippen LogP contribution >= 0.6 is 11.3 Å². The molecule has 0 unspecified atom stereocenters. The summed E-state index contributed by atoms with van der Waals surface area (Å²) in [6, 6.07) is 9.05. The highest BCUT2D eigenvalue weighted by atomic mass is 32.2. The number of nitro groups is 1. The maximum Gasteiger partial charge on any atom is 0.273 e. The lowest BCUT2D eigenvalue weighted by atomic mass is 10.2. The van der Waals surface area contributed by atoms with Gasteiger partial charge in [-0.15, -0.1) is 0 Å². The molecule has 3 aromatic rings. The number of hydrogen-bond acceptors (Lipinski definition) is 7. The molecule has 0 aliphatic heterocycles. The summed E-state index contributed by atoms with van der Waals surface area (Å²) in [6.07, 6.45) is 0. The number of benzene rings is 2. The quantitative estimate of drug-likeness (QED) is 0.505. The highest BCUT2D eigenvalue weighted by Crippen LogP contribution is 2.31. The number of sulfonamides is 1. The number of hydrogen-bond donors (Lipinski definition) is 1. The summed E-state index contributed by atoms with van der Waals surface area (Å²) in [4.78, 5) is 14.5. The number of aryl methyl sites for hydroxylation is 1. The fourth-order valence-corrected chi connectivity index (χ4v) is 4.48. The molecule has 0 aliphatic rings. The monoisotopic (exact) mass is 393 g/mol. The molecule has 26 heavy (non-hydrogen) atoms. The van der Waals surface area contributed by atoms with E-state index in [1.807, 2.05) is 6.92 Å². The minimum absolute atomic E-state index is 0.178. The number of aromatic nitrogens is 1. The zero-order chi connectivity index (χ0) is 18.9. The number of nitrogens with zero attached hydrogens (tertiary/aromatic N) is 2. The Morgan fingerprint density at radius 2 is 2.04 bits per heavy atom. The maximum atomic E-state index is 12.5. The molecule has 2 aromatic carbocycles. The van der Waals surface area contributed by atoms with Gasteiger partial charge in [-0.25, -0.2) is 13.4 Å². The van der Waals surface area contributed by atoms with Crippen molar-refractivity contribution in [3.8, 4) is 5.75 Å². The van der Waals surface area contributed by atoms with Crippen molar-refractivity contribution in [1.82, 2.24) is 4.98 Å². The van der Waals surface area contributed by atoms with Crippen molar-refractivity contribution >= 4 is 42.4 Å². The first-order valence-corrected chi connectivity index (χ1v) is 9.91. The van der Waals surface area contributed by atoms with Gasteiger partial charge < -0.3 is 4.74 Å². The van der Waals surface area contributed by atoms with Gasteiger partial charge in [0.05, 0.1) is 26.6 Å². The van der Waals surface area contributed by atoms with Gasteiger partial charge >= 0.3 is 0 Å². The van der Waals surface area contributed by atoms with Crippen LogP contribution in [0.1, 0.15) is 12.5 Å². The predicted octanol–water partition coefficient (Wildman–Crippen LogP) is 3.71. The van der Waals surface area contributed by atoms with Gasteiger partial charge in [0.2, 0.25) is 0 Å². The van der Waals surface area contributed by atoms with Gasteiger partial charge in [-0.1, -0.05) is 17.4 Å². The van der Waals surface area contributed by atoms with Gasteiger partial charge in [-0.05, 0) is 38.1 Å². The molecule has 0 radical (unpaired) electrons. The molecule has 0 atom stereocenters. The van der Waals surface area contributed by atoms with Gasteiger partial charge in [0.1, 0.15) is 5.75 Å². The molecule has 1 aromatic heterocycles. The van der Waals surface area contributed by atoms with Gasteiger partial charge in [-0.2, -0.15) is 0 Å². The average molecular weight is 393 g/mol. The SMILES string of the molecule is CCOc1ccc2nc(NS(=O)(=O)c3ccc(C)c([N+](=O)[O-])c3)sc2c1. The maximum absolute atomic E-state index is 12.5. The van der Waals surface area contributed by atoms with Gasteiger partial charge in [-0.3, -0.25) is 14.8 Å². The molecule has 1 heterocycles. The second-order valence-corrected chi connectivity index (χ2v) is 8.11. The summed E-state index contributed by atoms with van der Waals surface area (Å²) in [5.41, 5.74) is 0.766. The Labute approximate surface area is 153 Å². The molecule has 0 aliphatic carbocycles. The smallest absolute Gasteiger partial charge is 0.273 e. The van der Waals surface area contributed by atoms with Crippen LogP contribution in [0.3, 0.4) is 0 Å². The Balaban J connectivity index is 1.93. The number of rotatable bonds is 6. The van der Waals surface area contributed by atoms with E-state index in [1.165, 1.54) is 12.1 Å². The molecule has 0 spiro atoms. The summed E-state index contributed by atoms with van der Waals surface area (Å²) in [6.45, 7) is 3.94. The Morgan fingerprint density at radius 3 is 2.73 bits per heavy atom. The number of nitrogens with one attached hydrogen (secondary N) is 1. The molecular formula is C16H15N3O5S2. The van der Waals surface area contributed by atoms with Crippen molar-refractivity contribution in [2.24, 2.45) is 0 Å². The third-order valence-corrected chi connectivity index (χ3v) is 5.98. The molecule has 10 heteroatoms. The number of thiazole rings is 1. The van der Waals surface area contributed by atoms with Crippen LogP contribution in [0.15, 0.2) is 41.3 Å². The summed E-state index contributed by atoms with van der Waals surface area (Å²) in [7, 11) is -3.99. The summed E-state index contributed by atoms with van der Waals surface area (Å²) in [5.74, 6) is 0.673. The Morgan fingerprint density at radius 1 is 1.27 bits per heavy atom. The number of nitro benzene ring substituents is 1. The Bertz CT molecular complexity index is 1090. The van der Waals surface area contributed by atoms with Crippen molar-refractivity contribution in [3.05, 3.63) is 52.1 Å². The first-order chi connectivity index (χ1) is 12.3. The summed E-state index contributed by atoms with van der Waals surface area (Å²) in [5, 5.41) is 11.2. The van der Waals surface area contributed by atoms with E-state index in [-0.39, 0.29) is 15.7 Å². The fraction of sp³-hybridized carbons (Fsp3) is 0.188. The van der Waals surface area contributed by atoms with E-state index in [0.717, 1.165) is 22.1 Å². The molecule has 8 nitrogen and oxygen atoms in total. The lowest BCUT2D eigenvalue weighted by molar-refractivity contribution is -0.385. The van der Waals surface area contributed by atoms with Crippen LogP contribution in [-0.2, 0) is 10.0 Å². The molecule has 3 rings (SSSR count). The molecule has 136 valence electrons. The highest BCUT2D eigenvalue weighted by Gasteiger charge is 2.21. The van der Waals surface area contributed by atoms with Gasteiger partial charge in [0, 0.05) is 11.6 Å². The standard InChI is InChI=1S/C16H15N3O5S2/c1-3-24-11-5-7-13-15(8-11)25-16(17-13)18-26(22,23)12-6-4-10(2)14(9-12)19(20)21/h4-9H,3H2,1-2H3,(H,17,18). The van der Waals surface area contributed by atoms with E-state index < -0.39 is 14.9 Å². The third-order valence-electron chi connectivity index (χ3n) is 3.58. The molecular weight excluding hydrogens is 378 g/mol. The van der Waals surface area contributed by atoms with Gasteiger partial charge in [0.25, 0.3) is 15.7 Å².